The van der Waals surface area contributed by atoms with Gasteiger partial charge in [-0.25, -0.2) is 0 Å². The zero-order valence-electron chi connectivity index (χ0n) is 8.08. The molecule has 1 atom stereocenters. The fraction of sp³-hybridized carbons (Fsp3) is 0.500. The van der Waals surface area contributed by atoms with Crippen LogP contribution in [0.2, 0.25) is 0 Å². The Morgan fingerprint density at radius 3 is 2.87 bits per heavy atom. The van der Waals surface area contributed by atoms with Crippen LogP contribution < -0.4 is 5.32 Å². The minimum Gasteiger partial charge on any atom is -0.385 e. The van der Waals surface area contributed by atoms with E-state index in [0.29, 0.717) is 18.3 Å². The lowest BCUT2D eigenvalue weighted by Crippen LogP contribution is -2.24. The maximum absolute atomic E-state index is 9.90. The van der Waals surface area contributed by atoms with Crippen molar-refractivity contribution in [3.63, 3.8) is 0 Å². The van der Waals surface area contributed by atoms with Crippen molar-refractivity contribution in [2.24, 2.45) is 0 Å². The number of aliphatic hydroxyl groups excluding tert-OH is 1. The molecule has 1 aliphatic carbocycles. The molecule has 0 radical (unpaired) electrons. The zero-order chi connectivity index (χ0) is 10.8. The predicted molar refractivity (Wildman–Crippen MR) is 65.6 cm³/mol. The van der Waals surface area contributed by atoms with Crippen LogP contribution in [0.5, 0.6) is 0 Å². The van der Waals surface area contributed by atoms with Crippen molar-refractivity contribution in [1.29, 1.82) is 0 Å². The summed E-state index contributed by atoms with van der Waals surface area (Å²) in [5.41, 5.74) is 0.686. The van der Waals surface area contributed by atoms with Gasteiger partial charge >= 0.3 is 0 Å². The van der Waals surface area contributed by atoms with E-state index in [-0.39, 0.29) is 0 Å². The van der Waals surface area contributed by atoms with E-state index >= 15 is 0 Å². The molecule has 2 rings (SSSR count). The van der Waals surface area contributed by atoms with Crippen LogP contribution in [0.25, 0.3) is 0 Å². The lowest BCUT2D eigenvalue weighted by Gasteiger charge is -2.12. The highest BCUT2D eigenvalue weighted by Gasteiger charge is 2.22. The lowest BCUT2D eigenvalue weighted by atomic mass is 10.2. The van der Waals surface area contributed by atoms with Crippen molar-refractivity contribution in [1.82, 2.24) is 10.3 Å². The number of nitrogens with zero attached hydrogens (tertiary/aromatic N) is 1. The highest BCUT2D eigenvalue weighted by molar-refractivity contribution is 9.11. The first-order valence-electron chi connectivity index (χ1n) is 4.89. The monoisotopic (exact) mass is 334 g/mol. The van der Waals surface area contributed by atoms with Crippen LogP contribution in [0.15, 0.2) is 21.2 Å². The molecule has 2 N–H and O–H groups in total. The summed E-state index contributed by atoms with van der Waals surface area (Å²) in [7, 11) is 0. The average molecular weight is 336 g/mol. The first-order chi connectivity index (χ1) is 7.16. The van der Waals surface area contributed by atoms with Gasteiger partial charge in [-0.05, 0) is 50.8 Å². The molecule has 82 valence electrons. The second-order valence-electron chi connectivity index (χ2n) is 3.72. The predicted octanol–water partition coefficient (Wildman–Crippen LogP) is 2.39. The van der Waals surface area contributed by atoms with Gasteiger partial charge in [0.15, 0.2) is 0 Å². The van der Waals surface area contributed by atoms with E-state index in [9.17, 15) is 5.11 Å². The number of rotatable bonds is 4. The molecule has 1 saturated carbocycles. The molecule has 0 bridgehead atoms. The van der Waals surface area contributed by atoms with Crippen LogP contribution in [0.3, 0.4) is 0 Å². The van der Waals surface area contributed by atoms with Crippen molar-refractivity contribution < 1.29 is 5.11 Å². The molecule has 0 spiro atoms. The van der Waals surface area contributed by atoms with Gasteiger partial charge in [0.25, 0.3) is 0 Å². The molecular formula is C10H12Br2N2O. The summed E-state index contributed by atoms with van der Waals surface area (Å²) in [5, 5.41) is 13.2. The molecule has 1 unspecified atom stereocenters. The Labute approximate surface area is 106 Å². The fourth-order valence-corrected chi connectivity index (χ4v) is 2.58. The summed E-state index contributed by atoms with van der Waals surface area (Å²) in [5.74, 6) is 0. The van der Waals surface area contributed by atoms with Gasteiger partial charge in [-0.15, -0.1) is 0 Å². The fourth-order valence-electron chi connectivity index (χ4n) is 1.33. The van der Waals surface area contributed by atoms with Gasteiger partial charge in [0, 0.05) is 27.7 Å². The third kappa shape index (κ3) is 3.24. The number of nitrogens with one attached hydrogen (secondary N) is 1. The number of halogens is 2. The molecule has 0 aromatic carbocycles. The molecular weight excluding hydrogens is 324 g/mol. The Morgan fingerprint density at radius 1 is 1.53 bits per heavy atom. The minimum atomic E-state index is -0.548. The number of pyridine rings is 1. The summed E-state index contributed by atoms with van der Waals surface area (Å²) in [6, 6.07) is 2.50. The SMILES string of the molecule is OC(CNC1CC1)c1ncc(Br)cc1Br. The van der Waals surface area contributed by atoms with E-state index in [4.69, 9.17) is 0 Å². The van der Waals surface area contributed by atoms with E-state index in [1.807, 2.05) is 6.07 Å². The number of aromatic nitrogens is 1. The first-order valence-corrected chi connectivity index (χ1v) is 6.48. The minimum absolute atomic E-state index is 0.548. The standard InChI is InChI=1S/C10H12Br2N2O/c11-6-3-8(12)10(14-4-6)9(15)5-13-7-1-2-7/h3-4,7,9,13,15H,1-2,5H2. The number of aliphatic hydroxyl groups is 1. The Hall–Kier alpha value is 0.0300. The normalized spacial score (nSPS) is 17.8. The van der Waals surface area contributed by atoms with Crippen LogP contribution in [0.1, 0.15) is 24.6 Å². The van der Waals surface area contributed by atoms with E-state index in [1.54, 1.807) is 6.20 Å². The summed E-state index contributed by atoms with van der Waals surface area (Å²) in [6.45, 7) is 0.567. The van der Waals surface area contributed by atoms with Gasteiger partial charge in [-0.3, -0.25) is 4.98 Å². The first kappa shape index (κ1) is 11.5. The molecule has 1 aromatic rings. The lowest BCUT2D eigenvalue weighted by molar-refractivity contribution is 0.168. The third-order valence-electron chi connectivity index (χ3n) is 2.33. The van der Waals surface area contributed by atoms with Crippen molar-refractivity contribution in [2.75, 3.05) is 6.54 Å². The van der Waals surface area contributed by atoms with E-state index < -0.39 is 6.10 Å². The smallest absolute Gasteiger partial charge is 0.109 e. The molecule has 0 aliphatic heterocycles. The Bertz CT molecular complexity index is 355. The maximum Gasteiger partial charge on any atom is 0.109 e. The van der Waals surface area contributed by atoms with Gasteiger partial charge in [-0.2, -0.15) is 0 Å². The van der Waals surface area contributed by atoms with E-state index in [1.165, 1.54) is 12.8 Å². The molecule has 1 heterocycles. The molecule has 0 saturated heterocycles. The second-order valence-corrected chi connectivity index (χ2v) is 5.49. The summed E-state index contributed by atoms with van der Waals surface area (Å²) in [6.07, 6.45) is 3.59. The molecule has 0 amide bonds. The summed E-state index contributed by atoms with van der Waals surface area (Å²) in [4.78, 5) is 4.19. The highest BCUT2D eigenvalue weighted by atomic mass is 79.9. The van der Waals surface area contributed by atoms with Crippen molar-refractivity contribution in [3.05, 3.63) is 26.9 Å². The van der Waals surface area contributed by atoms with Crippen molar-refractivity contribution in [2.45, 2.75) is 25.0 Å². The molecule has 1 aliphatic rings. The summed E-state index contributed by atoms with van der Waals surface area (Å²) < 4.78 is 1.74. The highest BCUT2D eigenvalue weighted by Crippen LogP contribution is 2.25. The molecule has 1 fully saturated rings. The van der Waals surface area contributed by atoms with Gasteiger partial charge in [-0.1, -0.05) is 0 Å². The van der Waals surface area contributed by atoms with Crippen LogP contribution in [-0.4, -0.2) is 22.7 Å². The Balaban J connectivity index is 1.99. The van der Waals surface area contributed by atoms with Crippen molar-refractivity contribution >= 4 is 31.9 Å². The number of hydrogen-bond acceptors (Lipinski definition) is 3. The Morgan fingerprint density at radius 2 is 2.27 bits per heavy atom. The average Bonchev–Trinajstić information content (AvgIpc) is 2.97. The molecule has 3 nitrogen and oxygen atoms in total. The van der Waals surface area contributed by atoms with Gasteiger partial charge in [0.2, 0.25) is 0 Å². The molecule has 15 heavy (non-hydrogen) atoms. The van der Waals surface area contributed by atoms with E-state index in [2.05, 4.69) is 42.2 Å². The topological polar surface area (TPSA) is 45.1 Å². The van der Waals surface area contributed by atoms with E-state index in [0.717, 1.165) is 8.95 Å². The summed E-state index contributed by atoms with van der Waals surface area (Å²) >= 11 is 6.72. The van der Waals surface area contributed by atoms with Crippen molar-refractivity contribution in [3.8, 4) is 0 Å². The third-order valence-corrected chi connectivity index (χ3v) is 3.40. The van der Waals surface area contributed by atoms with Gasteiger partial charge in [0.1, 0.15) is 6.10 Å². The van der Waals surface area contributed by atoms with Crippen LogP contribution in [0.4, 0.5) is 0 Å². The Kier molecular flexibility index (Phi) is 3.77. The number of hydrogen-bond donors (Lipinski definition) is 2. The second kappa shape index (κ2) is 4.91. The maximum atomic E-state index is 9.90. The van der Waals surface area contributed by atoms with Gasteiger partial charge in [0.05, 0.1) is 5.69 Å². The zero-order valence-corrected chi connectivity index (χ0v) is 11.3. The van der Waals surface area contributed by atoms with Crippen LogP contribution in [0, 0.1) is 0 Å². The molecule has 5 heteroatoms. The van der Waals surface area contributed by atoms with Crippen LogP contribution in [-0.2, 0) is 0 Å². The van der Waals surface area contributed by atoms with Gasteiger partial charge < -0.3 is 10.4 Å². The quantitative estimate of drug-likeness (QED) is 0.888. The van der Waals surface area contributed by atoms with Crippen LogP contribution >= 0.6 is 31.9 Å². The molecule has 1 aromatic heterocycles. The largest absolute Gasteiger partial charge is 0.385 e.